The fourth-order valence-corrected chi connectivity index (χ4v) is 3.09. The van der Waals surface area contributed by atoms with Gasteiger partial charge in [-0.25, -0.2) is 0 Å². The average Bonchev–Trinajstić information content (AvgIpc) is 2.74. The van der Waals surface area contributed by atoms with Gasteiger partial charge in [0.2, 0.25) is 0 Å². The third-order valence-corrected chi connectivity index (χ3v) is 5.26. The Balaban J connectivity index is 1.48. The van der Waals surface area contributed by atoms with Crippen molar-refractivity contribution in [1.82, 2.24) is 0 Å². The van der Waals surface area contributed by atoms with Gasteiger partial charge in [-0.1, -0.05) is 58.4 Å². The molecule has 1 N–H and O–H groups in total. The largest absolute Gasteiger partial charge is 0.491 e. The van der Waals surface area contributed by atoms with E-state index in [-0.39, 0.29) is 12.5 Å². The number of hydrogen-bond donors (Lipinski definition) is 1. The molecule has 4 nitrogen and oxygen atoms in total. The Labute approximate surface area is 180 Å². The number of para-hydroxylation sites is 2. The number of amides is 1. The topological polar surface area (TPSA) is 47.6 Å². The molecule has 150 valence electrons. The molecule has 29 heavy (non-hydrogen) atoms. The first kappa shape index (κ1) is 20.9. The van der Waals surface area contributed by atoms with Crippen LogP contribution in [0.15, 0.2) is 77.3 Å². The van der Waals surface area contributed by atoms with E-state index in [1.165, 1.54) is 5.56 Å². The molecule has 0 aromatic heterocycles. The Morgan fingerprint density at radius 3 is 2.52 bits per heavy atom. The van der Waals surface area contributed by atoms with E-state index in [0.29, 0.717) is 23.8 Å². The summed E-state index contributed by atoms with van der Waals surface area (Å²) in [5.41, 5.74) is 2.99. The number of carbonyl (C=O) groups excluding carboxylic acids is 1. The Kier molecular flexibility index (Phi) is 7.70. The fraction of sp³-hybridized carbons (Fsp3) is 0.208. The minimum absolute atomic E-state index is 0.0661. The maximum absolute atomic E-state index is 12.3. The van der Waals surface area contributed by atoms with Crippen LogP contribution in [0, 0.1) is 6.92 Å². The van der Waals surface area contributed by atoms with Crippen LogP contribution < -0.4 is 14.8 Å². The van der Waals surface area contributed by atoms with E-state index in [0.717, 1.165) is 22.9 Å². The number of aryl methyl sites for hydroxylation is 2. The van der Waals surface area contributed by atoms with Crippen molar-refractivity contribution < 1.29 is 14.3 Å². The van der Waals surface area contributed by atoms with Crippen molar-refractivity contribution in [1.29, 1.82) is 0 Å². The highest BCUT2D eigenvalue weighted by Crippen LogP contribution is 2.24. The zero-order chi connectivity index (χ0) is 20.5. The maximum Gasteiger partial charge on any atom is 0.262 e. The predicted molar refractivity (Wildman–Crippen MR) is 120 cm³/mol. The van der Waals surface area contributed by atoms with Gasteiger partial charge in [-0.2, -0.15) is 0 Å². The van der Waals surface area contributed by atoms with E-state index in [1.54, 1.807) is 0 Å². The van der Waals surface area contributed by atoms with Crippen molar-refractivity contribution in [3.05, 3.63) is 88.4 Å². The molecular formula is C24H24BrNO3. The molecule has 0 radical (unpaired) electrons. The Morgan fingerprint density at radius 1 is 0.966 bits per heavy atom. The van der Waals surface area contributed by atoms with Crippen LogP contribution in [0.2, 0.25) is 0 Å². The highest BCUT2D eigenvalue weighted by atomic mass is 79.9. The molecule has 3 aromatic carbocycles. The molecule has 0 unspecified atom stereocenters. The molecule has 0 heterocycles. The van der Waals surface area contributed by atoms with Crippen LogP contribution in [0.25, 0.3) is 0 Å². The van der Waals surface area contributed by atoms with Gasteiger partial charge in [0.05, 0.1) is 12.3 Å². The van der Waals surface area contributed by atoms with Gasteiger partial charge in [-0.3, -0.25) is 4.79 Å². The second-order valence-electron chi connectivity index (χ2n) is 6.68. The van der Waals surface area contributed by atoms with Crippen molar-refractivity contribution in [2.24, 2.45) is 0 Å². The minimum Gasteiger partial charge on any atom is -0.491 e. The van der Waals surface area contributed by atoms with Crippen LogP contribution in [0.1, 0.15) is 17.5 Å². The quantitative estimate of drug-likeness (QED) is 0.417. The number of anilines is 1. The number of nitrogens with one attached hydrogen (secondary N) is 1. The van der Waals surface area contributed by atoms with Crippen LogP contribution in [-0.4, -0.2) is 19.1 Å². The standard InChI is InChI=1S/C24H24BrNO3/c1-18-16-20(13-14-21(18)25)29-17-24(27)26-22-11-5-6-12-23(22)28-15-7-10-19-8-3-2-4-9-19/h2-6,8-9,11-14,16H,7,10,15,17H2,1H3,(H,26,27). The van der Waals surface area contributed by atoms with Gasteiger partial charge >= 0.3 is 0 Å². The summed E-state index contributed by atoms with van der Waals surface area (Å²) in [5.74, 6) is 1.09. The molecule has 0 spiro atoms. The molecule has 3 aromatic rings. The van der Waals surface area contributed by atoms with Crippen molar-refractivity contribution in [3.63, 3.8) is 0 Å². The molecule has 0 saturated carbocycles. The molecule has 0 saturated heterocycles. The summed E-state index contributed by atoms with van der Waals surface area (Å²) in [5, 5.41) is 2.87. The van der Waals surface area contributed by atoms with Gasteiger partial charge < -0.3 is 14.8 Å². The molecular weight excluding hydrogens is 430 g/mol. The molecule has 0 fully saturated rings. The van der Waals surface area contributed by atoms with E-state index in [4.69, 9.17) is 9.47 Å². The second kappa shape index (κ2) is 10.7. The number of benzene rings is 3. The predicted octanol–water partition coefficient (Wildman–Crippen LogP) is 5.79. The van der Waals surface area contributed by atoms with E-state index in [2.05, 4.69) is 33.4 Å². The third-order valence-electron chi connectivity index (χ3n) is 4.37. The van der Waals surface area contributed by atoms with Crippen LogP contribution in [-0.2, 0) is 11.2 Å². The third kappa shape index (κ3) is 6.64. The van der Waals surface area contributed by atoms with E-state index >= 15 is 0 Å². The highest BCUT2D eigenvalue weighted by molar-refractivity contribution is 9.10. The van der Waals surface area contributed by atoms with Crippen LogP contribution in [0.5, 0.6) is 11.5 Å². The smallest absolute Gasteiger partial charge is 0.262 e. The summed E-state index contributed by atoms with van der Waals surface area (Å²) in [6, 6.07) is 23.4. The molecule has 0 aliphatic rings. The summed E-state index contributed by atoms with van der Waals surface area (Å²) < 4.78 is 12.5. The lowest BCUT2D eigenvalue weighted by Crippen LogP contribution is -2.20. The highest BCUT2D eigenvalue weighted by Gasteiger charge is 2.09. The minimum atomic E-state index is -0.231. The summed E-state index contributed by atoms with van der Waals surface area (Å²) in [6.45, 7) is 2.49. The lowest BCUT2D eigenvalue weighted by Gasteiger charge is -2.13. The Morgan fingerprint density at radius 2 is 1.72 bits per heavy atom. The second-order valence-corrected chi connectivity index (χ2v) is 7.54. The van der Waals surface area contributed by atoms with Crippen molar-refractivity contribution in [3.8, 4) is 11.5 Å². The number of hydrogen-bond acceptors (Lipinski definition) is 3. The molecule has 0 aliphatic carbocycles. The lowest BCUT2D eigenvalue weighted by atomic mass is 10.1. The monoisotopic (exact) mass is 453 g/mol. The normalized spacial score (nSPS) is 10.4. The van der Waals surface area contributed by atoms with E-state index < -0.39 is 0 Å². The number of carbonyl (C=O) groups is 1. The van der Waals surface area contributed by atoms with Gasteiger partial charge in [-0.15, -0.1) is 0 Å². The average molecular weight is 454 g/mol. The van der Waals surface area contributed by atoms with Crippen molar-refractivity contribution >= 4 is 27.5 Å². The van der Waals surface area contributed by atoms with Crippen LogP contribution in [0.4, 0.5) is 5.69 Å². The van der Waals surface area contributed by atoms with Crippen molar-refractivity contribution in [2.75, 3.05) is 18.5 Å². The number of rotatable bonds is 9. The summed E-state index contributed by atoms with van der Waals surface area (Å²) in [7, 11) is 0. The van der Waals surface area contributed by atoms with Crippen LogP contribution >= 0.6 is 15.9 Å². The summed E-state index contributed by atoms with van der Waals surface area (Å²) >= 11 is 3.45. The molecule has 0 atom stereocenters. The van der Waals surface area contributed by atoms with E-state index in [1.807, 2.05) is 67.6 Å². The zero-order valence-electron chi connectivity index (χ0n) is 16.4. The van der Waals surface area contributed by atoms with Gasteiger partial charge in [0.25, 0.3) is 5.91 Å². The fourth-order valence-electron chi connectivity index (χ4n) is 2.84. The SMILES string of the molecule is Cc1cc(OCC(=O)Nc2ccccc2OCCCc2ccccc2)ccc1Br. The first-order valence-corrected chi connectivity index (χ1v) is 10.4. The molecule has 3 rings (SSSR count). The van der Waals surface area contributed by atoms with Gasteiger partial charge in [0, 0.05) is 4.47 Å². The van der Waals surface area contributed by atoms with Gasteiger partial charge in [0.15, 0.2) is 6.61 Å². The summed E-state index contributed by atoms with van der Waals surface area (Å²) in [4.78, 5) is 12.3. The first-order chi connectivity index (χ1) is 14.1. The number of halogens is 1. The molecule has 1 amide bonds. The lowest BCUT2D eigenvalue weighted by molar-refractivity contribution is -0.118. The van der Waals surface area contributed by atoms with Crippen molar-refractivity contribution in [2.45, 2.75) is 19.8 Å². The molecule has 5 heteroatoms. The van der Waals surface area contributed by atoms with E-state index in [9.17, 15) is 4.79 Å². The van der Waals surface area contributed by atoms with Crippen LogP contribution in [0.3, 0.4) is 0 Å². The Bertz CT molecular complexity index is 944. The number of ether oxygens (including phenoxy) is 2. The Hall–Kier alpha value is -2.79. The molecule has 0 aliphatic heterocycles. The van der Waals surface area contributed by atoms with Gasteiger partial charge in [-0.05, 0) is 61.2 Å². The summed E-state index contributed by atoms with van der Waals surface area (Å²) in [6.07, 6.45) is 1.86. The van der Waals surface area contributed by atoms with Gasteiger partial charge in [0.1, 0.15) is 11.5 Å². The first-order valence-electron chi connectivity index (χ1n) is 9.56. The molecule has 0 bridgehead atoms. The zero-order valence-corrected chi connectivity index (χ0v) is 17.9. The maximum atomic E-state index is 12.3.